The van der Waals surface area contributed by atoms with Gasteiger partial charge in [0.15, 0.2) is 0 Å². The minimum Gasteiger partial charge on any atom is -0.497 e. The van der Waals surface area contributed by atoms with Crippen LogP contribution >= 0.6 is 0 Å². The Morgan fingerprint density at radius 2 is 1.94 bits per heavy atom. The third-order valence-electron chi connectivity index (χ3n) is 5.27. The quantitative estimate of drug-likeness (QED) is 0.639. The number of amides is 2. The molecular weight excluding hydrogens is 404 g/mol. The second kappa shape index (κ2) is 9.96. The first kappa shape index (κ1) is 22.1. The summed E-state index contributed by atoms with van der Waals surface area (Å²) >= 11 is 0. The highest BCUT2D eigenvalue weighted by Crippen LogP contribution is 2.34. The van der Waals surface area contributed by atoms with Gasteiger partial charge in [0.2, 0.25) is 0 Å². The monoisotopic (exact) mass is 430 g/mol. The number of nitrogens with zero attached hydrogens (tertiary/aromatic N) is 2. The third kappa shape index (κ3) is 4.96. The van der Waals surface area contributed by atoms with Crippen molar-refractivity contribution in [1.82, 2.24) is 20.2 Å². The number of aromatic nitrogens is 2. The van der Waals surface area contributed by atoms with E-state index in [4.69, 9.17) is 9.47 Å². The molecule has 10 nitrogen and oxygen atoms in total. The summed E-state index contributed by atoms with van der Waals surface area (Å²) in [6.07, 6.45) is 2.25. The molecular formula is C21H26N4O6. The second-order valence-electron chi connectivity index (χ2n) is 7.03. The van der Waals surface area contributed by atoms with Gasteiger partial charge in [0.1, 0.15) is 17.8 Å². The Morgan fingerprint density at radius 1 is 1.19 bits per heavy atom. The molecule has 0 saturated heterocycles. The average molecular weight is 430 g/mol. The van der Waals surface area contributed by atoms with Crippen LogP contribution in [-0.4, -0.2) is 66.8 Å². The number of fused-ring (bicyclic) bond motifs is 1. The van der Waals surface area contributed by atoms with Crippen molar-refractivity contribution >= 4 is 18.0 Å². The van der Waals surface area contributed by atoms with Gasteiger partial charge in [-0.05, 0) is 24.1 Å². The molecule has 0 saturated carbocycles. The van der Waals surface area contributed by atoms with Crippen LogP contribution in [0.15, 0.2) is 30.6 Å². The van der Waals surface area contributed by atoms with E-state index >= 15 is 0 Å². The van der Waals surface area contributed by atoms with E-state index in [0.29, 0.717) is 18.7 Å². The largest absolute Gasteiger partial charge is 0.497 e. The fourth-order valence-electron chi connectivity index (χ4n) is 3.61. The first-order valence-electron chi connectivity index (χ1n) is 9.86. The van der Waals surface area contributed by atoms with Gasteiger partial charge in [0.25, 0.3) is 0 Å². The predicted octanol–water partition coefficient (Wildman–Crippen LogP) is 1.57. The van der Waals surface area contributed by atoms with Crippen molar-refractivity contribution in [1.29, 1.82) is 0 Å². The van der Waals surface area contributed by atoms with Crippen LogP contribution in [0.1, 0.15) is 35.8 Å². The highest BCUT2D eigenvalue weighted by Gasteiger charge is 2.36. The molecule has 0 radical (unpaired) electrons. The van der Waals surface area contributed by atoms with Crippen LogP contribution < -0.4 is 10.1 Å². The number of carbonyl (C=O) groups is 3. The predicted molar refractivity (Wildman–Crippen MR) is 109 cm³/mol. The van der Waals surface area contributed by atoms with Crippen molar-refractivity contribution in [2.45, 2.75) is 31.3 Å². The van der Waals surface area contributed by atoms with Crippen molar-refractivity contribution in [3.05, 3.63) is 47.5 Å². The van der Waals surface area contributed by atoms with Gasteiger partial charge in [0, 0.05) is 25.1 Å². The molecule has 1 aliphatic heterocycles. The number of hydrogen-bond acceptors (Lipinski definition) is 7. The molecule has 0 unspecified atom stereocenters. The van der Waals surface area contributed by atoms with E-state index < -0.39 is 30.1 Å². The lowest BCUT2D eigenvalue weighted by atomic mass is 9.96. The average Bonchev–Trinajstić information content (AvgIpc) is 3.29. The molecule has 0 bridgehead atoms. The Morgan fingerprint density at radius 3 is 2.58 bits per heavy atom. The fourth-order valence-corrected chi connectivity index (χ4v) is 3.61. The van der Waals surface area contributed by atoms with Crippen LogP contribution in [0.3, 0.4) is 0 Å². The molecule has 166 valence electrons. The van der Waals surface area contributed by atoms with Crippen LogP contribution in [-0.2, 0) is 25.5 Å². The number of ether oxygens (including phenoxy) is 3. The number of imidazole rings is 1. The van der Waals surface area contributed by atoms with Crippen molar-refractivity contribution in [2.75, 3.05) is 27.9 Å². The van der Waals surface area contributed by atoms with Gasteiger partial charge in [-0.1, -0.05) is 12.1 Å². The zero-order valence-corrected chi connectivity index (χ0v) is 17.7. The molecule has 2 N–H and O–H groups in total. The van der Waals surface area contributed by atoms with Gasteiger partial charge in [-0.2, -0.15) is 0 Å². The molecule has 2 heterocycles. The summed E-state index contributed by atoms with van der Waals surface area (Å²) in [6.45, 7) is 0.419. The van der Waals surface area contributed by atoms with Gasteiger partial charge < -0.3 is 29.4 Å². The van der Waals surface area contributed by atoms with E-state index in [1.807, 2.05) is 24.3 Å². The summed E-state index contributed by atoms with van der Waals surface area (Å²) in [5, 5.41) is 2.70. The summed E-state index contributed by atoms with van der Waals surface area (Å²) in [5.41, 5.74) is 2.56. The lowest BCUT2D eigenvalue weighted by molar-refractivity contribution is -0.144. The first-order chi connectivity index (χ1) is 15.0. The van der Waals surface area contributed by atoms with Crippen molar-refractivity contribution in [3.8, 4) is 5.75 Å². The Labute approximate surface area is 179 Å². The summed E-state index contributed by atoms with van der Waals surface area (Å²) in [7, 11) is 4.09. The lowest BCUT2D eigenvalue weighted by Crippen LogP contribution is -2.51. The molecule has 2 atom stereocenters. The highest BCUT2D eigenvalue weighted by atomic mass is 16.5. The number of aromatic amines is 1. The summed E-state index contributed by atoms with van der Waals surface area (Å²) in [5.74, 6) is -0.402. The smallest absolute Gasteiger partial charge is 0.328 e. The van der Waals surface area contributed by atoms with E-state index in [2.05, 4.69) is 20.0 Å². The number of benzene rings is 1. The molecule has 10 heteroatoms. The molecule has 0 fully saturated rings. The van der Waals surface area contributed by atoms with Gasteiger partial charge in [0.05, 0.1) is 33.4 Å². The van der Waals surface area contributed by atoms with Crippen LogP contribution in [0.25, 0.3) is 0 Å². The van der Waals surface area contributed by atoms with E-state index in [1.165, 1.54) is 14.2 Å². The van der Waals surface area contributed by atoms with Gasteiger partial charge in [-0.15, -0.1) is 0 Å². The van der Waals surface area contributed by atoms with Crippen molar-refractivity contribution in [2.24, 2.45) is 0 Å². The maximum absolute atomic E-state index is 13.2. The van der Waals surface area contributed by atoms with Gasteiger partial charge >= 0.3 is 18.0 Å². The number of nitrogens with one attached hydrogen (secondary N) is 2. The Bertz CT molecular complexity index is 926. The number of carbonyl (C=O) groups excluding carboxylic acids is 3. The Hall–Kier alpha value is -3.56. The number of H-pyrrole nitrogens is 1. The van der Waals surface area contributed by atoms with E-state index in [0.717, 1.165) is 17.0 Å². The maximum atomic E-state index is 13.2. The summed E-state index contributed by atoms with van der Waals surface area (Å²) in [4.78, 5) is 46.1. The first-order valence-corrected chi connectivity index (χ1v) is 9.86. The van der Waals surface area contributed by atoms with E-state index in [1.54, 1.807) is 18.3 Å². The number of rotatable bonds is 7. The van der Waals surface area contributed by atoms with Gasteiger partial charge in [-0.3, -0.25) is 4.79 Å². The summed E-state index contributed by atoms with van der Waals surface area (Å²) in [6, 6.07) is 5.52. The second-order valence-corrected chi connectivity index (χ2v) is 7.03. The molecule has 3 rings (SSSR count). The van der Waals surface area contributed by atoms with Crippen LogP contribution in [0.5, 0.6) is 5.75 Å². The van der Waals surface area contributed by atoms with E-state index in [9.17, 15) is 14.4 Å². The molecule has 2 aromatic rings. The van der Waals surface area contributed by atoms with Crippen LogP contribution in [0.4, 0.5) is 4.79 Å². The molecule has 2 amide bonds. The molecule has 0 spiro atoms. The zero-order chi connectivity index (χ0) is 22.4. The fraction of sp³-hybridized carbons (Fsp3) is 0.429. The lowest BCUT2D eigenvalue weighted by Gasteiger charge is -2.36. The third-order valence-corrected chi connectivity index (χ3v) is 5.27. The molecule has 1 aromatic carbocycles. The Balaban J connectivity index is 1.84. The minimum atomic E-state index is -0.978. The number of urea groups is 1. The molecule has 31 heavy (non-hydrogen) atoms. The van der Waals surface area contributed by atoms with Crippen LogP contribution in [0.2, 0.25) is 0 Å². The number of hydrogen-bond donors (Lipinski definition) is 2. The van der Waals surface area contributed by atoms with Crippen LogP contribution in [0, 0.1) is 0 Å². The molecule has 1 aliphatic rings. The number of esters is 2. The topological polar surface area (TPSA) is 123 Å². The molecule has 0 aliphatic carbocycles. The zero-order valence-electron chi connectivity index (χ0n) is 17.7. The van der Waals surface area contributed by atoms with Gasteiger partial charge in [-0.25, -0.2) is 14.6 Å². The van der Waals surface area contributed by atoms with Crippen molar-refractivity contribution in [3.63, 3.8) is 0 Å². The normalized spacial score (nSPS) is 16.1. The Kier molecular flexibility index (Phi) is 7.11. The number of methoxy groups -OCH3 is 3. The maximum Gasteiger partial charge on any atom is 0.328 e. The summed E-state index contributed by atoms with van der Waals surface area (Å²) < 4.78 is 14.6. The minimum absolute atomic E-state index is 0.0258. The van der Waals surface area contributed by atoms with E-state index in [-0.39, 0.29) is 12.8 Å². The SMILES string of the molecule is COC(=O)CC[C@@H](NC(=O)N1CCc2[nH]cnc2[C@@H]1c1ccc(OC)cc1)C(=O)OC. The van der Waals surface area contributed by atoms with Crippen molar-refractivity contribution < 1.29 is 28.6 Å². The standard InChI is InChI=1S/C21H26N4O6/c1-29-14-6-4-13(5-7-14)19-18-15(22-12-23-18)10-11-25(19)21(28)24-16(20(27)31-3)8-9-17(26)30-2/h4-7,12,16,19H,8-11H2,1-3H3,(H,22,23)(H,24,28)/t16-,19+/m1/s1. The molecule has 1 aromatic heterocycles. The highest BCUT2D eigenvalue weighted by molar-refractivity contribution is 5.84.